The summed E-state index contributed by atoms with van der Waals surface area (Å²) in [5.41, 5.74) is 1.27. The van der Waals surface area contributed by atoms with E-state index in [1.807, 2.05) is 30.3 Å². The number of nitrogens with one attached hydrogen (secondary N) is 1. The van der Waals surface area contributed by atoms with Gasteiger partial charge in [-0.15, -0.1) is 0 Å². The Morgan fingerprint density at radius 1 is 1.37 bits per heavy atom. The fourth-order valence-electron chi connectivity index (χ4n) is 2.74. The highest BCUT2D eigenvalue weighted by Gasteiger charge is 2.36. The van der Waals surface area contributed by atoms with Crippen molar-refractivity contribution in [3.63, 3.8) is 0 Å². The van der Waals surface area contributed by atoms with E-state index in [1.165, 1.54) is 26.4 Å². The molecule has 1 atom stereocenters. The molecule has 1 fully saturated rings. The van der Waals surface area contributed by atoms with Crippen LogP contribution in [0.1, 0.15) is 44.1 Å². The second kappa shape index (κ2) is 6.20. The van der Waals surface area contributed by atoms with Crippen LogP contribution in [0.15, 0.2) is 30.3 Å². The zero-order chi connectivity index (χ0) is 13.7. The first-order valence-electron chi connectivity index (χ1n) is 7.08. The molecule has 0 spiro atoms. The van der Waals surface area contributed by atoms with E-state index in [0.29, 0.717) is 6.54 Å². The summed E-state index contributed by atoms with van der Waals surface area (Å²) in [7, 11) is 1.46. The third-order valence-corrected chi connectivity index (χ3v) is 4.36. The smallest absolute Gasteiger partial charge is 0.314 e. The summed E-state index contributed by atoms with van der Waals surface area (Å²) in [5, 5.41) is 3.60. The van der Waals surface area contributed by atoms with Gasteiger partial charge in [-0.1, -0.05) is 37.3 Å². The number of rotatable bonds is 6. The third-order valence-electron chi connectivity index (χ3n) is 4.36. The molecule has 1 saturated carbocycles. The van der Waals surface area contributed by atoms with Gasteiger partial charge < -0.3 is 10.1 Å². The number of esters is 1. The number of methoxy groups -OCH3 is 1. The van der Waals surface area contributed by atoms with Crippen LogP contribution in [0, 0.1) is 0 Å². The minimum atomic E-state index is -0.213. The largest absolute Gasteiger partial charge is 0.469 e. The Hall–Kier alpha value is -1.35. The van der Waals surface area contributed by atoms with E-state index in [2.05, 4.69) is 12.2 Å². The van der Waals surface area contributed by atoms with Crippen LogP contribution in [-0.4, -0.2) is 25.2 Å². The average Bonchev–Trinajstić information content (AvgIpc) is 2.42. The van der Waals surface area contributed by atoms with E-state index in [1.54, 1.807) is 0 Å². The summed E-state index contributed by atoms with van der Waals surface area (Å²) in [4.78, 5) is 12.0. The number of ether oxygens (including phenoxy) is 1. The Morgan fingerprint density at radius 3 is 2.53 bits per heavy atom. The van der Waals surface area contributed by atoms with Crippen LogP contribution < -0.4 is 5.32 Å². The molecular weight excluding hydrogens is 238 g/mol. The highest BCUT2D eigenvalue weighted by atomic mass is 16.5. The van der Waals surface area contributed by atoms with Crippen LogP contribution >= 0.6 is 0 Å². The van der Waals surface area contributed by atoms with Gasteiger partial charge in [0.25, 0.3) is 0 Å². The van der Waals surface area contributed by atoms with E-state index < -0.39 is 0 Å². The Labute approximate surface area is 115 Å². The molecule has 0 aromatic heterocycles. The van der Waals surface area contributed by atoms with Gasteiger partial charge in [-0.25, -0.2) is 0 Å². The summed E-state index contributed by atoms with van der Waals surface area (Å²) >= 11 is 0. The van der Waals surface area contributed by atoms with E-state index >= 15 is 0 Å². The van der Waals surface area contributed by atoms with Crippen molar-refractivity contribution in [3.05, 3.63) is 35.9 Å². The Kier molecular flexibility index (Phi) is 4.59. The maximum absolute atomic E-state index is 12.0. The highest BCUT2D eigenvalue weighted by Crippen LogP contribution is 2.35. The molecule has 0 aliphatic heterocycles. The van der Waals surface area contributed by atoms with Crippen molar-refractivity contribution in [2.24, 2.45) is 0 Å². The molecule has 0 radical (unpaired) electrons. The summed E-state index contributed by atoms with van der Waals surface area (Å²) in [6, 6.07) is 9.87. The molecular formula is C16H23NO2. The molecule has 19 heavy (non-hydrogen) atoms. The number of carbonyl (C=O) groups is 1. The van der Waals surface area contributed by atoms with Gasteiger partial charge in [-0.05, 0) is 31.2 Å². The number of hydrogen-bond acceptors (Lipinski definition) is 3. The molecule has 3 heteroatoms. The zero-order valence-corrected chi connectivity index (χ0v) is 11.8. The molecule has 0 saturated heterocycles. The quantitative estimate of drug-likeness (QED) is 0.800. The monoisotopic (exact) mass is 261 g/mol. The Bertz CT molecular complexity index is 407. The van der Waals surface area contributed by atoms with E-state index in [-0.39, 0.29) is 17.4 Å². The fraction of sp³-hybridized carbons (Fsp3) is 0.562. The molecule has 0 heterocycles. The molecule has 1 N–H and O–H groups in total. The first-order valence-corrected chi connectivity index (χ1v) is 7.08. The maximum Gasteiger partial charge on any atom is 0.314 e. The van der Waals surface area contributed by atoms with Crippen LogP contribution in [0.4, 0.5) is 0 Å². The van der Waals surface area contributed by atoms with Crippen molar-refractivity contribution in [1.29, 1.82) is 0 Å². The van der Waals surface area contributed by atoms with Gasteiger partial charge in [0, 0.05) is 12.1 Å². The van der Waals surface area contributed by atoms with Crippen LogP contribution in [-0.2, 0) is 9.53 Å². The Morgan fingerprint density at radius 2 is 2.05 bits per heavy atom. The molecule has 0 bridgehead atoms. The van der Waals surface area contributed by atoms with Crippen LogP contribution in [0.5, 0.6) is 0 Å². The van der Waals surface area contributed by atoms with Crippen molar-refractivity contribution in [2.75, 3.05) is 13.7 Å². The van der Waals surface area contributed by atoms with E-state index in [0.717, 1.165) is 12.0 Å². The lowest BCUT2D eigenvalue weighted by Gasteiger charge is -2.43. The van der Waals surface area contributed by atoms with E-state index in [9.17, 15) is 4.79 Å². The third kappa shape index (κ3) is 3.16. The molecule has 0 amide bonds. The van der Waals surface area contributed by atoms with Gasteiger partial charge >= 0.3 is 5.97 Å². The molecule has 1 aliphatic carbocycles. The van der Waals surface area contributed by atoms with Gasteiger partial charge in [0.05, 0.1) is 13.0 Å². The topological polar surface area (TPSA) is 38.3 Å². The van der Waals surface area contributed by atoms with Gasteiger partial charge in [0.15, 0.2) is 0 Å². The number of hydrogen-bond donors (Lipinski definition) is 1. The summed E-state index contributed by atoms with van der Waals surface area (Å²) in [6.45, 7) is 2.87. The minimum absolute atomic E-state index is 0.163. The molecule has 1 aromatic rings. The summed E-state index contributed by atoms with van der Waals surface area (Å²) < 4.78 is 4.94. The SMILES string of the molecule is CCC1(NCC(C(=O)OC)c2ccccc2)CCC1. The predicted octanol–water partition coefficient (Wildman–Crippen LogP) is 2.87. The highest BCUT2D eigenvalue weighted by molar-refractivity contribution is 5.78. The van der Waals surface area contributed by atoms with Crippen molar-refractivity contribution in [3.8, 4) is 0 Å². The first kappa shape index (κ1) is 14.1. The standard InChI is InChI=1S/C16H23NO2/c1-3-16(10-7-11-16)17-12-14(15(18)19-2)13-8-5-4-6-9-13/h4-6,8-9,14,17H,3,7,10-12H2,1-2H3. The van der Waals surface area contributed by atoms with Crippen LogP contribution in [0.3, 0.4) is 0 Å². The second-order valence-electron chi connectivity index (χ2n) is 5.35. The van der Waals surface area contributed by atoms with Crippen molar-refractivity contribution in [2.45, 2.75) is 44.1 Å². The lowest BCUT2D eigenvalue weighted by Crippen LogP contribution is -2.52. The van der Waals surface area contributed by atoms with Gasteiger partial charge in [-0.2, -0.15) is 0 Å². The van der Waals surface area contributed by atoms with Crippen molar-refractivity contribution >= 4 is 5.97 Å². The molecule has 3 nitrogen and oxygen atoms in total. The lowest BCUT2D eigenvalue weighted by molar-refractivity contribution is -0.142. The maximum atomic E-state index is 12.0. The number of benzene rings is 1. The molecule has 104 valence electrons. The van der Waals surface area contributed by atoms with Crippen LogP contribution in [0.2, 0.25) is 0 Å². The van der Waals surface area contributed by atoms with Crippen LogP contribution in [0.25, 0.3) is 0 Å². The zero-order valence-electron chi connectivity index (χ0n) is 11.8. The average molecular weight is 261 g/mol. The molecule has 1 unspecified atom stereocenters. The van der Waals surface area contributed by atoms with Gasteiger partial charge in [0.2, 0.25) is 0 Å². The molecule has 2 rings (SSSR count). The Balaban J connectivity index is 2.05. The first-order chi connectivity index (χ1) is 9.21. The van der Waals surface area contributed by atoms with Crippen molar-refractivity contribution < 1.29 is 9.53 Å². The molecule has 1 aromatic carbocycles. The molecule has 1 aliphatic rings. The van der Waals surface area contributed by atoms with Gasteiger partial charge in [0.1, 0.15) is 0 Å². The lowest BCUT2D eigenvalue weighted by atomic mass is 9.74. The van der Waals surface area contributed by atoms with E-state index in [4.69, 9.17) is 4.74 Å². The minimum Gasteiger partial charge on any atom is -0.469 e. The predicted molar refractivity (Wildman–Crippen MR) is 76.1 cm³/mol. The number of carbonyl (C=O) groups excluding carboxylic acids is 1. The van der Waals surface area contributed by atoms with Gasteiger partial charge in [-0.3, -0.25) is 4.79 Å². The summed E-state index contributed by atoms with van der Waals surface area (Å²) in [6.07, 6.45) is 4.84. The summed E-state index contributed by atoms with van der Waals surface area (Å²) in [5.74, 6) is -0.375. The second-order valence-corrected chi connectivity index (χ2v) is 5.35. The van der Waals surface area contributed by atoms with Crippen molar-refractivity contribution in [1.82, 2.24) is 5.32 Å². The fourth-order valence-corrected chi connectivity index (χ4v) is 2.74. The normalized spacial score (nSPS) is 18.4.